The van der Waals surface area contributed by atoms with Gasteiger partial charge in [-0.1, -0.05) is 67.9 Å². The predicted molar refractivity (Wildman–Crippen MR) is 91.6 cm³/mol. The van der Waals surface area contributed by atoms with E-state index < -0.39 is 0 Å². The molecule has 2 rings (SSSR count). The molecule has 0 amide bonds. The zero-order valence-electron chi connectivity index (χ0n) is 13.7. The van der Waals surface area contributed by atoms with Crippen LogP contribution in [0.5, 0.6) is 0 Å². The summed E-state index contributed by atoms with van der Waals surface area (Å²) in [5.41, 5.74) is 5.45. The Labute approximate surface area is 129 Å². The van der Waals surface area contributed by atoms with Crippen molar-refractivity contribution in [3.63, 3.8) is 0 Å². The molecule has 0 radical (unpaired) electrons. The van der Waals surface area contributed by atoms with Crippen molar-refractivity contribution in [2.24, 2.45) is 0 Å². The third-order valence-electron chi connectivity index (χ3n) is 4.23. The molecule has 2 aromatic carbocycles. The Morgan fingerprint density at radius 1 is 0.857 bits per heavy atom. The molecule has 0 aliphatic carbocycles. The Balaban J connectivity index is 2.08. The summed E-state index contributed by atoms with van der Waals surface area (Å²) in [7, 11) is 0. The summed E-state index contributed by atoms with van der Waals surface area (Å²) in [4.78, 5) is 0. The number of hydrogen-bond acceptors (Lipinski definition) is 1. The van der Waals surface area contributed by atoms with E-state index >= 15 is 0 Å². The van der Waals surface area contributed by atoms with Crippen molar-refractivity contribution in [1.82, 2.24) is 5.32 Å². The molecule has 21 heavy (non-hydrogen) atoms. The third-order valence-corrected chi connectivity index (χ3v) is 4.23. The quantitative estimate of drug-likeness (QED) is 0.751. The second-order valence-electron chi connectivity index (χ2n) is 5.86. The van der Waals surface area contributed by atoms with E-state index in [9.17, 15) is 0 Å². The summed E-state index contributed by atoms with van der Waals surface area (Å²) in [5, 5.41) is 3.76. The van der Waals surface area contributed by atoms with Crippen molar-refractivity contribution in [3.05, 3.63) is 70.8 Å². The lowest BCUT2D eigenvalue weighted by Crippen LogP contribution is -2.24. The molecule has 1 heteroatoms. The van der Waals surface area contributed by atoms with Crippen molar-refractivity contribution in [2.75, 3.05) is 0 Å². The van der Waals surface area contributed by atoms with Gasteiger partial charge in [0.15, 0.2) is 0 Å². The summed E-state index contributed by atoms with van der Waals surface area (Å²) in [6, 6.07) is 18.6. The van der Waals surface area contributed by atoms with Gasteiger partial charge in [-0.3, -0.25) is 0 Å². The van der Waals surface area contributed by atoms with E-state index in [1.54, 1.807) is 0 Å². The Morgan fingerprint density at radius 3 is 1.95 bits per heavy atom. The molecule has 0 spiro atoms. The van der Waals surface area contributed by atoms with Crippen molar-refractivity contribution < 1.29 is 0 Å². The molecule has 1 N–H and O–H groups in total. The van der Waals surface area contributed by atoms with Crippen LogP contribution in [0, 0.1) is 6.92 Å². The number of rotatable bonds is 6. The molecule has 2 atom stereocenters. The van der Waals surface area contributed by atoms with Crippen LogP contribution in [-0.4, -0.2) is 0 Å². The molecule has 112 valence electrons. The zero-order chi connectivity index (χ0) is 15.2. The second-order valence-corrected chi connectivity index (χ2v) is 5.86. The van der Waals surface area contributed by atoms with Gasteiger partial charge in [0.05, 0.1) is 0 Å². The molecule has 0 saturated carbocycles. The maximum Gasteiger partial charge on any atom is 0.0323 e. The summed E-state index contributed by atoms with van der Waals surface area (Å²) in [6.45, 7) is 8.82. The lowest BCUT2D eigenvalue weighted by atomic mass is 9.99. The van der Waals surface area contributed by atoms with Crippen LogP contribution in [0.15, 0.2) is 48.5 Å². The molecular formula is C20H27N. The van der Waals surface area contributed by atoms with Gasteiger partial charge in [-0.05, 0) is 43.4 Å². The van der Waals surface area contributed by atoms with Crippen molar-refractivity contribution >= 4 is 0 Å². The average molecular weight is 281 g/mol. The first kappa shape index (κ1) is 15.8. The van der Waals surface area contributed by atoms with Crippen molar-refractivity contribution in [1.29, 1.82) is 0 Å². The molecule has 0 fully saturated rings. The second kappa shape index (κ2) is 7.42. The van der Waals surface area contributed by atoms with Crippen LogP contribution in [0.4, 0.5) is 0 Å². The van der Waals surface area contributed by atoms with Crippen molar-refractivity contribution in [2.45, 2.75) is 52.6 Å². The molecule has 0 aliphatic rings. The minimum Gasteiger partial charge on any atom is -0.303 e. The van der Waals surface area contributed by atoms with Gasteiger partial charge in [0, 0.05) is 12.1 Å². The maximum absolute atomic E-state index is 3.76. The molecule has 0 heterocycles. The molecule has 2 unspecified atom stereocenters. The fourth-order valence-electron chi connectivity index (χ4n) is 2.69. The van der Waals surface area contributed by atoms with E-state index in [1.807, 2.05) is 0 Å². The topological polar surface area (TPSA) is 12.0 Å². The average Bonchev–Trinajstić information content (AvgIpc) is 2.53. The highest BCUT2D eigenvalue weighted by atomic mass is 14.9. The monoisotopic (exact) mass is 281 g/mol. The maximum atomic E-state index is 3.76. The van der Waals surface area contributed by atoms with Gasteiger partial charge in [0.25, 0.3) is 0 Å². The van der Waals surface area contributed by atoms with Crippen LogP contribution in [0.2, 0.25) is 0 Å². The Hall–Kier alpha value is -1.60. The van der Waals surface area contributed by atoms with Crippen LogP contribution >= 0.6 is 0 Å². The largest absolute Gasteiger partial charge is 0.303 e. The summed E-state index contributed by atoms with van der Waals surface area (Å²) >= 11 is 0. The smallest absolute Gasteiger partial charge is 0.0323 e. The van der Waals surface area contributed by atoms with E-state index in [0.29, 0.717) is 12.1 Å². The molecule has 0 aromatic heterocycles. The SMILES string of the molecule is CCc1ccc(C(C)NC(CC)c2ccc(C)cc2)cc1. The Bertz CT molecular complexity index is 539. The van der Waals surface area contributed by atoms with E-state index in [0.717, 1.165) is 12.8 Å². The third kappa shape index (κ3) is 4.18. The van der Waals surface area contributed by atoms with Crippen LogP contribution in [0.1, 0.15) is 61.5 Å². The van der Waals surface area contributed by atoms with Gasteiger partial charge in [-0.15, -0.1) is 0 Å². The number of hydrogen-bond donors (Lipinski definition) is 1. The minimum absolute atomic E-state index is 0.363. The number of aryl methyl sites for hydroxylation is 2. The normalized spacial score (nSPS) is 13.9. The van der Waals surface area contributed by atoms with E-state index in [2.05, 4.69) is 81.5 Å². The molecular weight excluding hydrogens is 254 g/mol. The van der Waals surface area contributed by atoms with Gasteiger partial charge >= 0.3 is 0 Å². The molecule has 0 bridgehead atoms. The number of nitrogens with one attached hydrogen (secondary N) is 1. The Kier molecular flexibility index (Phi) is 5.58. The first-order chi connectivity index (χ1) is 10.1. The van der Waals surface area contributed by atoms with Gasteiger partial charge in [-0.25, -0.2) is 0 Å². The van der Waals surface area contributed by atoms with Crippen LogP contribution < -0.4 is 5.32 Å². The molecule has 1 nitrogen and oxygen atoms in total. The number of benzene rings is 2. The fourth-order valence-corrected chi connectivity index (χ4v) is 2.69. The van der Waals surface area contributed by atoms with Crippen LogP contribution in [0.3, 0.4) is 0 Å². The van der Waals surface area contributed by atoms with E-state index in [-0.39, 0.29) is 0 Å². The fraction of sp³-hybridized carbons (Fsp3) is 0.400. The molecule has 0 saturated heterocycles. The van der Waals surface area contributed by atoms with Gasteiger partial charge < -0.3 is 5.32 Å². The van der Waals surface area contributed by atoms with Crippen LogP contribution in [0.25, 0.3) is 0 Å². The standard InChI is InChI=1S/C20H27N/c1-5-17-9-13-18(14-10-17)16(4)21-20(6-2)19-11-7-15(3)8-12-19/h7-14,16,20-21H,5-6H2,1-4H3. The molecule has 0 aliphatic heterocycles. The van der Waals surface area contributed by atoms with Crippen LogP contribution in [-0.2, 0) is 6.42 Å². The van der Waals surface area contributed by atoms with Gasteiger partial charge in [0.1, 0.15) is 0 Å². The highest BCUT2D eigenvalue weighted by molar-refractivity contribution is 5.27. The van der Waals surface area contributed by atoms with E-state index in [4.69, 9.17) is 0 Å². The molecule has 2 aromatic rings. The van der Waals surface area contributed by atoms with Gasteiger partial charge in [-0.2, -0.15) is 0 Å². The Morgan fingerprint density at radius 2 is 1.43 bits per heavy atom. The first-order valence-corrected chi connectivity index (χ1v) is 8.05. The lowest BCUT2D eigenvalue weighted by molar-refractivity contribution is 0.456. The first-order valence-electron chi connectivity index (χ1n) is 8.05. The minimum atomic E-state index is 0.363. The predicted octanol–water partition coefficient (Wildman–Crippen LogP) is 5.36. The van der Waals surface area contributed by atoms with Gasteiger partial charge in [0.2, 0.25) is 0 Å². The lowest BCUT2D eigenvalue weighted by Gasteiger charge is -2.23. The van der Waals surface area contributed by atoms with E-state index in [1.165, 1.54) is 22.3 Å². The summed E-state index contributed by atoms with van der Waals surface area (Å²) in [5.74, 6) is 0. The highest BCUT2D eigenvalue weighted by Crippen LogP contribution is 2.22. The zero-order valence-corrected chi connectivity index (χ0v) is 13.7. The highest BCUT2D eigenvalue weighted by Gasteiger charge is 2.13. The summed E-state index contributed by atoms with van der Waals surface area (Å²) < 4.78 is 0. The summed E-state index contributed by atoms with van der Waals surface area (Å²) in [6.07, 6.45) is 2.20. The van der Waals surface area contributed by atoms with Crippen molar-refractivity contribution in [3.8, 4) is 0 Å².